The van der Waals surface area contributed by atoms with E-state index in [1.807, 2.05) is 0 Å². The fourth-order valence-electron chi connectivity index (χ4n) is 1.82. The van der Waals surface area contributed by atoms with Crippen molar-refractivity contribution in [2.75, 3.05) is 0 Å². The minimum absolute atomic E-state index is 0.0104. The molecule has 0 aromatic heterocycles. The molecule has 0 radical (unpaired) electrons. The van der Waals surface area contributed by atoms with Crippen LogP contribution in [0.5, 0.6) is 0 Å². The van der Waals surface area contributed by atoms with Gasteiger partial charge in [-0.2, -0.15) is 0 Å². The lowest BCUT2D eigenvalue weighted by Crippen LogP contribution is -2.18. The van der Waals surface area contributed by atoms with E-state index in [-0.39, 0.29) is 16.6 Å². The molecule has 1 aliphatic carbocycles. The summed E-state index contributed by atoms with van der Waals surface area (Å²) in [5, 5.41) is 30.1. The third kappa shape index (κ3) is 5.39. The van der Waals surface area contributed by atoms with Gasteiger partial charge in [-0.15, -0.1) is 11.6 Å². The third-order valence-corrected chi connectivity index (χ3v) is 3.40. The Hall–Kier alpha value is -2.15. The summed E-state index contributed by atoms with van der Waals surface area (Å²) in [6.45, 7) is 0. The molecule has 0 spiro atoms. The van der Waals surface area contributed by atoms with E-state index in [9.17, 15) is 14.9 Å². The molecular formula is C13H15ClN2O5. The molecule has 0 amide bonds. The Bertz CT molecular complexity index is 518. The molecule has 0 saturated heterocycles. The highest BCUT2D eigenvalue weighted by atomic mass is 35.5. The molecule has 1 fully saturated rings. The Labute approximate surface area is 126 Å². The fourth-order valence-corrected chi connectivity index (χ4v) is 2.13. The lowest BCUT2D eigenvalue weighted by molar-refractivity contribution is -0.384. The maximum atomic E-state index is 10.4. The average molecular weight is 315 g/mol. The van der Waals surface area contributed by atoms with Gasteiger partial charge in [0.05, 0.1) is 21.6 Å². The first-order chi connectivity index (χ1) is 9.95. The molecule has 0 aliphatic heterocycles. The summed E-state index contributed by atoms with van der Waals surface area (Å²) in [5.41, 5.74) is 0.460. The lowest BCUT2D eigenvalue weighted by Gasteiger charge is -2.15. The number of aromatic carboxylic acids is 1. The standard InChI is InChI=1S/C7H5NO4.C6H10ClNO/c9-7(10)5-2-1-3-6(4-5)8(11)12;7-5-3-1-2-4-6(5)8-9/h1-4H,(H,9,10);5,9H,1-4H2/b;8-6-. The van der Waals surface area contributed by atoms with Gasteiger partial charge < -0.3 is 10.3 Å². The van der Waals surface area contributed by atoms with Gasteiger partial charge in [0.25, 0.3) is 5.69 Å². The number of carbonyl (C=O) groups is 1. The van der Waals surface area contributed by atoms with Crippen LogP contribution in [0.25, 0.3) is 0 Å². The normalized spacial score (nSPS) is 19.5. The number of nitrogens with zero attached hydrogens (tertiary/aromatic N) is 2. The molecule has 1 saturated carbocycles. The predicted octanol–water partition coefficient (Wildman–Crippen LogP) is 3.29. The number of benzene rings is 1. The summed E-state index contributed by atoms with van der Waals surface area (Å²) in [6.07, 6.45) is 4.10. The lowest BCUT2D eigenvalue weighted by atomic mass is 9.98. The van der Waals surface area contributed by atoms with E-state index in [4.69, 9.17) is 21.9 Å². The Morgan fingerprint density at radius 1 is 1.43 bits per heavy atom. The van der Waals surface area contributed by atoms with Crippen molar-refractivity contribution in [3.05, 3.63) is 39.9 Å². The highest BCUT2D eigenvalue weighted by molar-refractivity contribution is 6.32. The van der Waals surface area contributed by atoms with Gasteiger partial charge in [0.15, 0.2) is 0 Å². The third-order valence-electron chi connectivity index (χ3n) is 2.93. The number of oxime groups is 1. The van der Waals surface area contributed by atoms with Crippen LogP contribution in [0.3, 0.4) is 0 Å². The summed E-state index contributed by atoms with van der Waals surface area (Å²) in [7, 11) is 0. The molecule has 2 N–H and O–H groups in total. The van der Waals surface area contributed by atoms with E-state index in [1.54, 1.807) is 0 Å². The van der Waals surface area contributed by atoms with E-state index in [0.29, 0.717) is 0 Å². The first-order valence-corrected chi connectivity index (χ1v) is 6.72. The SMILES string of the molecule is O/N=C1/CCCCC1Cl.O=C(O)c1cccc([N+](=O)[O-])c1. The van der Waals surface area contributed by atoms with Crippen molar-refractivity contribution in [3.8, 4) is 0 Å². The van der Waals surface area contributed by atoms with Crippen LogP contribution in [0.15, 0.2) is 29.4 Å². The van der Waals surface area contributed by atoms with Crippen molar-refractivity contribution in [3.63, 3.8) is 0 Å². The van der Waals surface area contributed by atoms with Crippen LogP contribution >= 0.6 is 11.6 Å². The second kappa shape index (κ2) is 8.21. The number of nitro benzene ring substituents is 1. The van der Waals surface area contributed by atoms with Gasteiger partial charge in [0, 0.05) is 12.1 Å². The topological polar surface area (TPSA) is 113 Å². The quantitative estimate of drug-likeness (QED) is 0.376. The molecule has 21 heavy (non-hydrogen) atoms. The van der Waals surface area contributed by atoms with Crippen LogP contribution in [0, 0.1) is 10.1 Å². The molecule has 1 unspecified atom stereocenters. The van der Waals surface area contributed by atoms with E-state index < -0.39 is 10.9 Å². The number of alkyl halides is 1. The van der Waals surface area contributed by atoms with Crippen LogP contribution in [0.4, 0.5) is 5.69 Å². The van der Waals surface area contributed by atoms with Gasteiger partial charge in [-0.05, 0) is 25.3 Å². The molecule has 0 heterocycles. The molecule has 7 nitrogen and oxygen atoms in total. The van der Waals surface area contributed by atoms with Crippen LogP contribution in [0.1, 0.15) is 36.0 Å². The molecule has 8 heteroatoms. The summed E-state index contributed by atoms with van der Waals surface area (Å²) in [5.74, 6) is -1.17. The number of carboxylic acid groups (broad SMARTS) is 1. The molecule has 2 rings (SSSR count). The molecule has 114 valence electrons. The van der Waals surface area contributed by atoms with Crippen LogP contribution in [-0.4, -0.2) is 32.3 Å². The number of nitro groups is 1. The minimum atomic E-state index is -1.17. The summed E-state index contributed by atoms with van der Waals surface area (Å²) >= 11 is 5.79. The van der Waals surface area contributed by atoms with Crippen LogP contribution in [0.2, 0.25) is 0 Å². The van der Waals surface area contributed by atoms with E-state index >= 15 is 0 Å². The Balaban J connectivity index is 0.000000219. The first kappa shape index (κ1) is 16.9. The first-order valence-electron chi connectivity index (χ1n) is 6.28. The van der Waals surface area contributed by atoms with Crippen molar-refractivity contribution in [1.82, 2.24) is 0 Å². The Kier molecular flexibility index (Phi) is 6.61. The van der Waals surface area contributed by atoms with Gasteiger partial charge in [0.2, 0.25) is 0 Å². The van der Waals surface area contributed by atoms with Crippen LogP contribution in [-0.2, 0) is 0 Å². The van der Waals surface area contributed by atoms with Crippen molar-refractivity contribution < 1.29 is 20.0 Å². The zero-order valence-corrected chi connectivity index (χ0v) is 11.9. The van der Waals surface area contributed by atoms with E-state index in [2.05, 4.69) is 5.16 Å². The number of carboxylic acids is 1. The predicted molar refractivity (Wildman–Crippen MR) is 77.4 cm³/mol. The highest BCUT2D eigenvalue weighted by Crippen LogP contribution is 2.19. The molecule has 1 atom stereocenters. The second-order valence-electron chi connectivity index (χ2n) is 4.42. The summed E-state index contributed by atoms with van der Waals surface area (Å²) in [6, 6.07) is 4.89. The number of hydrogen-bond acceptors (Lipinski definition) is 5. The fraction of sp³-hybridized carbons (Fsp3) is 0.385. The molecule has 1 aliphatic rings. The highest BCUT2D eigenvalue weighted by Gasteiger charge is 2.17. The molecular weight excluding hydrogens is 300 g/mol. The maximum absolute atomic E-state index is 10.4. The molecule has 0 bridgehead atoms. The van der Waals surface area contributed by atoms with Gasteiger partial charge in [-0.3, -0.25) is 10.1 Å². The van der Waals surface area contributed by atoms with Gasteiger partial charge >= 0.3 is 5.97 Å². The van der Waals surface area contributed by atoms with Crippen molar-refractivity contribution in [1.29, 1.82) is 0 Å². The van der Waals surface area contributed by atoms with E-state index in [0.717, 1.165) is 37.5 Å². The van der Waals surface area contributed by atoms with Gasteiger partial charge in [-0.25, -0.2) is 4.79 Å². The zero-order chi connectivity index (χ0) is 15.8. The number of non-ortho nitro benzene ring substituents is 1. The van der Waals surface area contributed by atoms with Crippen molar-refractivity contribution in [2.45, 2.75) is 31.1 Å². The Morgan fingerprint density at radius 3 is 2.62 bits per heavy atom. The Morgan fingerprint density at radius 2 is 2.14 bits per heavy atom. The van der Waals surface area contributed by atoms with Crippen molar-refractivity contribution in [2.24, 2.45) is 5.16 Å². The smallest absolute Gasteiger partial charge is 0.335 e. The minimum Gasteiger partial charge on any atom is -0.478 e. The number of rotatable bonds is 2. The molecule has 1 aromatic carbocycles. The van der Waals surface area contributed by atoms with Crippen LogP contribution < -0.4 is 0 Å². The average Bonchev–Trinajstić information content (AvgIpc) is 2.48. The monoisotopic (exact) mass is 314 g/mol. The maximum Gasteiger partial charge on any atom is 0.335 e. The molecule has 1 aromatic rings. The van der Waals surface area contributed by atoms with Crippen molar-refractivity contribution >= 4 is 29.0 Å². The summed E-state index contributed by atoms with van der Waals surface area (Å²) < 4.78 is 0. The zero-order valence-electron chi connectivity index (χ0n) is 11.1. The van der Waals surface area contributed by atoms with Gasteiger partial charge in [0.1, 0.15) is 0 Å². The second-order valence-corrected chi connectivity index (χ2v) is 4.94. The van der Waals surface area contributed by atoms with Gasteiger partial charge in [-0.1, -0.05) is 17.6 Å². The number of halogens is 1. The largest absolute Gasteiger partial charge is 0.478 e. The van der Waals surface area contributed by atoms with E-state index in [1.165, 1.54) is 18.2 Å². The number of hydrogen-bond donors (Lipinski definition) is 2. The summed E-state index contributed by atoms with van der Waals surface area (Å²) in [4.78, 5) is 19.9.